The van der Waals surface area contributed by atoms with E-state index in [9.17, 15) is 0 Å². The number of aliphatic imine (C=N–C) groups is 1. The summed E-state index contributed by atoms with van der Waals surface area (Å²) in [6, 6.07) is 13.2. The van der Waals surface area contributed by atoms with E-state index in [0.29, 0.717) is 12.5 Å². The van der Waals surface area contributed by atoms with Crippen molar-refractivity contribution in [3.63, 3.8) is 0 Å². The lowest BCUT2D eigenvalue weighted by Crippen LogP contribution is -2.39. The number of rotatable bonds is 6. The summed E-state index contributed by atoms with van der Waals surface area (Å²) < 4.78 is 0. The fraction of sp³-hybridized carbons (Fsp3) is 0.450. The molecule has 1 aliphatic heterocycles. The maximum absolute atomic E-state index is 6.21. The summed E-state index contributed by atoms with van der Waals surface area (Å²) in [7, 11) is 0. The summed E-state index contributed by atoms with van der Waals surface area (Å²) in [5.41, 5.74) is 9.00. The van der Waals surface area contributed by atoms with E-state index in [1.807, 2.05) is 11.3 Å². The zero-order chi connectivity index (χ0) is 17.6. The Bertz CT molecular complexity index is 697. The predicted molar refractivity (Wildman–Crippen MR) is 122 cm³/mol. The first-order valence-electron chi connectivity index (χ1n) is 9.12. The molecule has 1 atom stereocenters. The van der Waals surface area contributed by atoms with Crippen molar-refractivity contribution in [2.45, 2.75) is 32.9 Å². The summed E-state index contributed by atoms with van der Waals surface area (Å²) in [5, 5.41) is 2.21. The Balaban J connectivity index is 0.00000243. The molecule has 1 aliphatic rings. The van der Waals surface area contributed by atoms with E-state index in [1.54, 1.807) is 0 Å². The van der Waals surface area contributed by atoms with Gasteiger partial charge in [0.25, 0.3) is 0 Å². The second-order valence-corrected chi connectivity index (χ2v) is 7.39. The molecule has 2 heterocycles. The molecule has 1 aromatic carbocycles. The third kappa shape index (κ3) is 4.98. The average molecular weight is 484 g/mol. The predicted octanol–water partition coefficient (Wildman–Crippen LogP) is 4.12. The number of fused-ring (bicyclic) bond motifs is 1. The molecule has 1 aromatic heterocycles. The van der Waals surface area contributed by atoms with E-state index in [2.05, 4.69) is 65.4 Å². The Hall–Kier alpha value is -1.12. The summed E-state index contributed by atoms with van der Waals surface area (Å²) in [5.74, 6) is 0.652. The van der Waals surface area contributed by atoms with Crippen LogP contribution < -0.4 is 5.73 Å². The standard InChI is InChI=1S/C20H28N4S.HI/c1-3-23(4-2)20(21)22-14-18(16-8-6-5-7-9-16)24-12-10-19-17(15-24)11-13-25-19;/h5-9,11,13,18H,3-4,10,12,14-15H2,1-2H3,(H2,21,22);1H. The lowest BCUT2D eigenvalue weighted by atomic mass is 10.0. The van der Waals surface area contributed by atoms with Crippen molar-refractivity contribution in [1.82, 2.24) is 9.80 Å². The maximum Gasteiger partial charge on any atom is 0.191 e. The Labute approximate surface area is 178 Å². The Kier molecular flexibility index (Phi) is 8.37. The molecule has 4 nitrogen and oxygen atoms in total. The van der Waals surface area contributed by atoms with Gasteiger partial charge in [0.2, 0.25) is 0 Å². The molecule has 3 rings (SSSR count). The lowest BCUT2D eigenvalue weighted by Gasteiger charge is -2.34. The largest absolute Gasteiger partial charge is 0.370 e. The number of nitrogens with two attached hydrogens (primary N) is 1. The van der Waals surface area contributed by atoms with Gasteiger partial charge in [-0.25, -0.2) is 0 Å². The van der Waals surface area contributed by atoms with Crippen molar-refractivity contribution >= 4 is 41.3 Å². The van der Waals surface area contributed by atoms with E-state index in [0.717, 1.165) is 32.6 Å². The van der Waals surface area contributed by atoms with Crippen molar-refractivity contribution in [2.75, 3.05) is 26.2 Å². The minimum Gasteiger partial charge on any atom is -0.370 e. The van der Waals surface area contributed by atoms with Gasteiger partial charge in [0.15, 0.2) is 5.96 Å². The number of hydrogen-bond donors (Lipinski definition) is 1. The highest BCUT2D eigenvalue weighted by Gasteiger charge is 2.25. The van der Waals surface area contributed by atoms with Gasteiger partial charge in [-0.3, -0.25) is 9.89 Å². The molecule has 26 heavy (non-hydrogen) atoms. The van der Waals surface area contributed by atoms with Crippen molar-refractivity contribution in [3.8, 4) is 0 Å². The minimum atomic E-state index is 0. The summed E-state index contributed by atoms with van der Waals surface area (Å²) in [4.78, 5) is 10.9. The normalized spacial score (nSPS) is 15.8. The molecular formula is C20H29IN4S. The number of halogens is 1. The van der Waals surface area contributed by atoms with Gasteiger partial charge < -0.3 is 10.6 Å². The molecule has 1 unspecified atom stereocenters. The fourth-order valence-electron chi connectivity index (χ4n) is 3.47. The molecule has 0 radical (unpaired) electrons. The van der Waals surface area contributed by atoms with Gasteiger partial charge in [0.05, 0.1) is 12.6 Å². The minimum absolute atomic E-state index is 0. The van der Waals surface area contributed by atoms with Crippen LogP contribution in [0.4, 0.5) is 0 Å². The highest BCUT2D eigenvalue weighted by Crippen LogP contribution is 2.30. The van der Waals surface area contributed by atoms with Crippen LogP contribution in [0, 0.1) is 0 Å². The summed E-state index contributed by atoms with van der Waals surface area (Å²) >= 11 is 1.88. The summed E-state index contributed by atoms with van der Waals surface area (Å²) in [6.45, 7) is 8.79. The first-order chi connectivity index (χ1) is 12.2. The van der Waals surface area contributed by atoms with E-state index < -0.39 is 0 Å². The van der Waals surface area contributed by atoms with Crippen molar-refractivity contribution in [3.05, 3.63) is 57.8 Å². The zero-order valence-corrected chi connectivity index (χ0v) is 18.7. The monoisotopic (exact) mass is 484 g/mol. The third-order valence-electron chi connectivity index (χ3n) is 4.98. The number of guanidine groups is 1. The van der Waals surface area contributed by atoms with Crippen LogP contribution >= 0.6 is 35.3 Å². The van der Waals surface area contributed by atoms with Crippen molar-refractivity contribution < 1.29 is 0 Å². The Morgan fingerprint density at radius 1 is 1.23 bits per heavy atom. The molecule has 0 saturated carbocycles. The van der Waals surface area contributed by atoms with Crippen LogP contribution in [-0.2, 0) is 13.0 Å². The topological polar surface area (TPSA) is 44.9 Å². The van der Waals surface area contributed by atoms with Gasteiger partial charge in [0, 0.05) is 31.1 Å². The van der Waals surface area contributed by atoms with Gasteiger partial charge in [-0.15, -0.1) is 35.3 Å². The molecule has 6 heteroatoms. The molecule has 2 N–H and O–H groups in total. The number of thiophene rings is 1. The van der Waals surface area contributed by atoms with E-state index in [4.69, 9.17) is 10.7 Å². The van der Waals surface area contributed by atoms with Gasteiger partial charge in [-0.05, 0) is 42.8 Å². The molecule has 0 saturated heterocycles. The van der Waals surface area contributed by atoms with Gasteiger partial charge in [0.1, 0.15) is 0 Å². The first-order valence-corrected chi connectivity index (χ1v) is 10.00. The molecule has 0 bridgehead atoms. The van der Waals surface area contributed by atoms with Crippen molar-refractivity contribution in [1.29, 1.82) is 0 Å². The molecule has 0 spiro atoms. The summed E-state index contributed by atoms with van der Waals surface area (Å²) in [6.07, 6.45) is 1.13. The van der Waals surface area contributed by atoms with E-state index in [1.165, 1.54) is 16.0 Å². The van der Waals surface area contributed by atoms with Crippen LogP contribution in [0.3, 0.4) is 0 Å². The molecule has 0 aliphatic carbocycles. The molecule has 0 fully saturated rings. The van der Waals surface area contributed by atoms with Crippen LogP contribution in [0.15, 0.2) is 46.8 Å². The number of nitrogens with zero attached hydrogens (tertiary/aromatic N) is 3. The quantitative estimate of drug-likeness (QED) is 0.381. The SMILES string of the molecule is CCN(CC)C(N)=NCC(c1ccccc1)N1CCc2sccc2C1.I. The van der Waals surface area contributed by atoms with Crippen LogP contribution in [0.1, 0.15) is 35.9 Å². The van der Waals surface area contributed by atoms with Gasteiger partial charge in [-0.1, -0.05) is 30.3 Å². The second kappa shape index (κ2) is 10.3. The lowest BCUT2D eigenvalue weighted by molar-refractivity contribution is 0.185. The Morgan fingerprint density at radius 2 is 1.96 bits per heavy atom. The number of benzene rings is 1. The molecule has 142 valence electrons. The van der Waals surface area contributed by atoms with E-state index >= 15 is 0 Å². The molecular weight excluding hydrogens is 455 g/mol. The van der Waals surface area contributed by atoms with Crippen LogP contribution in [0.2, 0.25) is 0 Å². The third-order valence-corrected chi connectivity index (χ3v) is 6.00. The van der Waals surface area contributed by atoms with Gasteiger partial charge >= 0.3 is 0 Å². The second-order valence-electron chi connectivity index (χ2n) is 6.39. The highest BCUT2D eigenvalue weighted by molar-refractivity contribution is 14.0. The average Bonchev–Trinajstić information content (AvgIpc) is 3.12. The van der Waals surface area contributed by atoms with Crippen LogP contribution in [0.5, 0.6) is 0 Å². The smallest absolute Gasteiger partial charge is 0.191 e. The Morgan fingerprint density at radius 3 is 2.65 bits per heavy atom. The fourth-order valence-corrected chi connectivity index (χ4v) is 4.36. The highest BCUT2D eigenvalue weighted by atomic mass is 127. The first kappa shape index (κ1) is 21.2. The van der Waals surface area contributed by atoms with Crippen LogP contribution in [0.25, 0.3) is 0 Å². The maximum atomic E-state index is 6.21. The molecule has 0 amide bonds. The van der Waals surface area contributed by atoms with Crippen molar-refractivity contribution in [2.24, 2.45) is 10.7 Å². The van der Waals surface area contributed by atoms with E-state index in [-0.39, 0.29) is 30.0 Å². The van der Waals surface area contributed by atoms with Crippen LogP contribution in [-0.4, -0.2) is 41.9 Å². The van der Waals surface area contributed by atoms with Gasteiger partial charge in [-0.2, -0.15) is 0 Å². The zero-order valence-electron chi connectivity index (χ0n) is 15.6. The number of hydrogen-bond acceptors (Lipinski definition) is 3. The molecule has 2 aromatic rings.